The van der Waals surface area contributed by atoms with Crippen LogP contribution >= 0.6 is 0 Å². The molecule has 22 heavy (non-hydrogen) atoms. The Bertz CT molecular complexity index is 515. The van der Waals surface area contributed by atoms with Gasteiger partial charge in [0.2, 0.25) is 0 Å². The molecule has 4 nitrogen and oxygen atoms in total. The Morgan fingerprint density at radius 3 is 3.09 bits per heavy atom. The number of likely N-dealkylation sites (tertiary alicyclic amines) is 1. The predicted octanol–water partition coefficient (Wildman–Crippen LogP) is 2.24. The number of carboxylic acid groups (broad SMARTS) is 1. The second kappa shape index (κ2) is 5.41. The molecule has 0 aromatic carbocycles. The molecule has 4 heteroatoms. The zero-order valence-electron chi connectivity index (χ0n) is 13.1. The van der Waals surface area contributed by atoms with Crippen molar-refractivity contribution in [2.45, 2.75) is 44.2 Å². The highest BCUT2D eigenvalue weighted by Crippen LogP contribution is 2.53. The van der Waals surface area contributed by atoms with Crippen molar-refractivity contribution >= 4 is 5.97 Å². The van der Waals surface area contributed by atoms with Gasteiger partial charge in [0.15, 0.2) is 0 Å². The molecule has 0 radical (unpaired) electrons. The van der Waals surface area contributed by atoms with Gasteiger partial charge in [0.25, 0.3) is 0 Å². The fraction of sp³-hybridized carbons (Fsp3) is 0.722. The molecule has 6 atom stereocenters. The summed E-state index contributed by atoms with van der Waals surface area (Å²) in [5.41, 5.74) is 1.60. The quantitative estimate of drug-likeness (QED) is 0.785. The first-order chi connectivity index (χ1) is 10.7. The van der Waals surface area contributed by atoms with Crippen molar-refractivity contribution in [3.63, 3.8) is 0 Å². The minimum Gasteiger partial charge on any atom is -0.481 e. The van der Waals surface area contributed by atoms with Crippen molar-refractivity contribution in [3.8, 4) is 0 Å². The summed E-state index contributed by atoms with van der Waals surface area (Å²) < 4.78 is 0. The molecule has 2 heterocycles. The second-order valence-corrected chi connectivity index (χ2v) is 7.56. The third-order valence-corrected chi connectivity index (χ3v) is 6.54. The molecule has 0 amide bonds. The number of fused-ring (bicyclic) bond motifs is 2. The topological polar surface area (TPSA) is 52.6 Å². The number of nitrogens with one attached hydrogen (secondary N) is 1. The lowest BCUT2D eigenvalue weighted by atomic mass is 9.58. The molecule has 2 aliphatic carbocycles. The number of rotatable bonds is 3. The monoisotopic (exact) mass is 302 g/mol. The first kappa shape index (κ1) is 14.3. The summed E-state index contributed by atoms with van der Waals surface area (Å²) in [6, 6.07) is 1.13. The van der Waals surface area contributed by atoms with Gasteiger partial charge in [-0.15, -0.1) is 6.58 Å². The van der Waals surface area contributed by atoms with E-state index in [0.29, 0.717) is 36.4 Å². The lowest BCUT2D eigenvalue weighted by Crippen LogP contribution is -2.57. The Kier molecular flexibility index (Phi) is 3.52. The third kappa shape index (κ3) is 2.11. The summed E-state index contributed by atoms with van der Waals surface area (Å²) in [6.45, 7) is 5.37. The van der Waals surface area contributed by atoms with Crippen LogP contribution in [-0.2, 0) is 4.79 Å². The second-order valence-electron chi connectivity index (χ2n) is 7.56. The molecule has 5 unspecified atom stereocenters. The molecule has 2 aliphatic heterocycles. The number of hydrogen-bond donors (Lipinski definition) is 2. The van der Waals surface area contributed by atoms with E-state index in [1.54, 1.807) is 5.57 Å². The molecule has 1 saturated heterocycles. The highest BCUT2D eigenvalue weighted by molar-refractivity contribution is 5.70. The molecule has 0 aromatic rings. The maximum atomic E-state index is 11.6. The lowest BCUT2D eigenvalue weighted by molar-refractivity contribution is -0.147. The molecule has 0 spiro atoms. The molecule has 0 aromatic heterocycles. The number of nitrogens with zero attached hydrogens (tertiary/aromatic N) is 1. The van der Waals surface area contributed by atoms with E-state index in [1.165, 1.54) is 19.3 Å². The van der Waals surface area contributed by atoms with E-state index >= 15 is 0 Å². The molecule has 0 bridgehead atoms. The van der Waals surface area contributed by atoms with Crippen LogP contribution in [0, 0.1) is 23.7 Å². The number of hydrogen-bond acceptors (Lipinski definition) is 3. The van der Waals surface area contributed by atoms with Crippen LogP contribution in [0.25, 0.3) is 0 Å². The van der Waals surface area contributed by atoms with E-state index in [1.807, 2.05) is 6.08 Å². The van der Waals surface area contributed by atoms with Crippen molar-refractivity contribution in [3.05, 3.63) is 24.4 Å². The van der Waals surface area contributed by atoms with Crippen molar-refractivity contribution in [1.82, 2.24) is 10.2 Å². The fourth-order valence-corrected chi connectivity index (χ4v) is 5.72. The summed E-state index contributed by atoms with van der Waals surface area (Å²) in [5, 5.41) is 13.2. The normalized spacial score (nSPS) is 43.5. The van der Waals surface area contributed by atoms with E-state index in [9.17, 15) is 9.90 Å². The van der Waals surface area contributed by atoms with Gasteiger partial charge in [-0.3, -0.25) is 9.69 Å². The summed E-state index contributed by atoms with van der Waals surface area (Å²) in [4.78, 5) is 14.0. The van der Waals surface area contributed by atoms with Crippen LogP contribution in [0.5, 0.6) is 0 Å². The Morgan fingerprint density at radius 1 is 1.45 bits per heavy atom. The van der Waals surface area contributed by atoms with Crippen molar-refractivity contribution in [1.29, 1.82) is 0 Å². The Balaban J connectivity index is 1.65. The van der Waals surface area contributed by atoms with Crippen LogP contribution < -0.4 is 5.32 Å². The van der Waals surface area contributed by atoms with E-state index in [4.69, 9.17) is 0 Å². The van der Waals surface area contributed by atoms with Gasteiger partial charge in [-0.1, -0.05) is 12.5 Å². The molecular formula is C18H26N2O2. The predicted molar refractivity (Wildman–Crippen MR) is 85.2 cm³/mol. The highest BCUT2D eigenvalue weighted by atomic mass is 16.4. The summed E-state index contributed by atoms with van der Waals surface area (Å²) in [5.74, 6) is 1.06. The van der Waals surface area contributed by atoms with Gasteiger partial charge in [-0.25, -0.2) is 0 Å². The maximum Gasteiger partial charge on any atom is 0.307 e. The van der Waals surface area contributed by atoms with E-state index < -0.39 is 5.97 Å². The average Bonchev–Trinajstić information content (AvgIpc) is 2.93. The van der Waals surface area contributed by atoms with Gasteiger partial charge < -0.3 is 10.4 Å². The van der Waals surface area contributed by atoms with E-state index in [2.05, 4.69) is 23.0 Å². The standard InChI is InChI=1S/C18H26N2O2/c1-2-6-20-10-12(18(21)22)7-14-13-4-3-5-15-17(13)11(9-19-15)8-16(14)20/h2,9,12-17,19H,1,3-8,10H2,(H,21,22)/t12?,13?,14?,15?,16-,17?/m1/s1. The van der Waals surface area contributed by atoms with Crippen molar-refractivity contribution < 1.29 is 9.90 Å². The van der Waals surface area contributed by atoms with Gasteiger partial charge in [-0.2, -0.15) is 0 Å². The van der Waals surface area contributed by atoms with Gasteiger partial charge in [0.1, 0.15) is 0 Å². The smallest absolute Gasteiger partial charge is 0.307 e. The van der Waals surface area contributed by atoms with Gasteiger partial charge >= 0.3 is 5.97 Å². The zero-order chi connectivity index (χ0) is 15.3. The van der Waals surface area contributed by atoms with Crippen molar-refractivity contribution in [2.75, 3.05) is 13.1 Å². The first-order valence-corrected chi connectivity index (χ1v) is 8.71. The number of carboxylic acids is 1. The third-order valence-electron chi connectivity index (χ3n) is 6.54. The van der Waals surface area contributed by atoms with Crippen LogP contribution in [0.4, 0.5) is 0 Å². The molecular weight excluding hydrogens is 276 g/mol. The fourth-order valence-electron chi connectivity index (χ4n) is 5.72. The summed E-state index contributed by atoms with van der Waals surface area (Å²) in [7, 11) is 0. The largest absolute Gasteiger partial charge is 0.481 e. The van der Waals surface area contributed by atoms with Crippen LogP contribution in [0.15, 0.2) is 24.4 Å². The van der Waals surface area contributed by atoms with Crippen LogP contribution in [0.1, 0.15) is 32.1 Å². The molecule has 4 rings (SSSR count). The molecule has 2 saturated carbocycles. The Hall–Kier alpha value is -1.29. The zero-order valence-corrected chi connectivity index (χ0v) is 13.1. The van der Waals surface area contributed by atoms with Crippen molar-refractivity contribution in [2.24, 2.45) is 23.7 Å². The van der Waals surface area contributed by atoms with Gasteiger partial charge in [0.05, 0.1) is 5.92 Å². The number of aliphatic carboxylic acids is 1. The van der Waals surface area contributed by atoms with E-state index in [-0.39, 0.29) is 5.92 Å². The molecule has 4 aliphatic rings. The molecule has 120 valence electrons. The Morgan fingerprint density at radius 2 is 2.32 bits per heavy atom. The molecule has 2 N–H and O–H groups in total. The number of piperidine rings is 1. The minimum absolute atomic E-state index is 0.207. The SMILES string of the molecule is C=CCN1CC(C(=O)O)CC2C3CCCC4NC=C(C[C@H]21)C43. The minimum atomic E-state index is -0.620. The lowest BCUT2D eigenvalue weighted by Gasteiger charge is -2.54. The summed E-state index contributed by atoms with van der Waals surface area (Å²) >= 11 is 0. The maximum absolute atomic E-state index is 11.6. The van der Waals surface area contributed by atoms with Crippen LogP contribution in [-0.4, -0.2) is 41.1 Å². The number of carbonyl (C=O) groups is 1. The molecule has 3 fully saturated rings. The average molecular weight is 302 g/mol. The first-order valence-electron chi connectivity index (χ1n) is 8.71. The van der Waals surface area contributed by atoms with Crippen LogP contribution in [0.3, 0.4) is 0 Å². The van der Waals surface area contributed by atoms with Crippen LogP contribution in [0.2, 0.25) is 0 Å². The summed E-state index contributed by atoms with van der Waals surface area (Å²) in [6.07, 6.45) is 10.0. The van der Waals surface area contributed by atoms with E-state index in [0.717, 1.165) is 19.4 Å². The Labute approximate surface area is 132 Å². The van der Waals surface area contributed by atoms with Gasteiger partial charge in [0, 0.05) is 31.1 Å². The van der Waals surface area contributed by atoms with Gasteiger partial charge in [-0.05, 0) is 49.3 Å². The highest BCUT2D eigenvalue weighted by Gasteiger charge is 2.52.